The molecule has 2 amide bonds. The van der Waals surface area contributed by atoms with Gasteiger partial charge in [-0.25, -0.2) is 4.98 Å². The van der Waals surface area contributed by atoms with Crippen LogP contribution < -0.4 is 10.6 Å². The Labute approximate surface area is 150 Å². The Hall–Kier alpha value is -2.35. The standard InChI is InChI=1S/C17H21N5O2S/c1-11(23)18-14-9-5-8-13(19-14)10-15(24)20-17-22-21-16(25-17)12-6-3-2-4-7-12/h5,8-9,12H,2-4,6-7,10H2,1H3,(H,18,19,23)(H,20,22,24). The summed E-state index contributed by atoms with van der Waals surface area (Å²) in [5.41, 5.74) is 0.584. The SMILES string of the molecule is CC(=O)Nc1cccc(CC(=O)Nc2nnc(C3CCCCC3)s2)n1. The highest BCUT2D eigenvalue weighted by atomic mass is 32.1. The molecule has 132 valence electrons. The largest absolute Gasteiger partial charge is 0.311 e. The van der Waals surface area contributed by atoms with Gasteiger partial charge in [-0.15, -0.1) is 10.2 Å². The van der Waals surface area contributed by atoms with Gasteiger partial charge in [-0.3, -0.25) is 9.59 Å². The third-order valence-corrected chi connectivity index (χ3v) is 5.10. The van der Waals surface area contributed by atoms with E-state index in [4.69, 9.17) is 0 Å². The van der Waals surface area contributed by atoms with E-state index < -0.39 is 0 Å². The van der Waals surface area contributed by atoms with Crippen LogP contribution in [0.4, 0.5) is 10.9 Å². The number of nitrogens with one attached hydrogen (secondary N) is 2. The molecule has 3 rings (SSSR count). The van der Waals surface area contributed by atoms with Gasteiger partial charge in [0.15, 0.2) is 0 Å². The number of amides is 2. The number of carbonyl (C=O) groups excluding carboxylic acids is 2. The molecule has 8 heteroatoms. The average Bonchev–Trinajstić information content (AvgIpc) is 3.03. The molecule has 0 bridgehead atoms. The highest BCUT2D eigenvalue weighted by Gasteiger charge is 2.20. The van der Waals surface area contributed by atoms with Gasteiger partial charge >= 0.3 is 0 Å². The summed E-state index contributed by atoms with van der Waals surface area (Å²) in [5.74, 6) is 0.526. The normalized spacial score (nSPS) is 14.9. The summed E-state index contributed by atoms with van der Waals surface area (Å²) < 4.78 is 0. The summed E-state index contributed by atoms with van der Waals surface area (Å²) in [6.45, 7) is 1.42. The van der Waals surface area contributed by atoms with E-state index in [2.05, 4.69) is 25.8 Å². The first kappa shape index (κ1) is 17.5. The number of rotatable bonds is 5. The zero-order valence-electron chi connectivity index (χ0n) is 14.1. The number of hydrogen-bond acceptors (Lipinski definition) is 6. The van der Waals surface area contributed by atoms with Gasteiger partial charge in [-0.05, 0) is 25.0 Å². The topological polar surface area (TPSA) is 96.9 Å². The van der Waals surface area contributed by atoms with Crippen molar-refractivity contribution in [1.29, 1.82) is 0 Å². The third-order valence-electron chi connectivity index (χ3n) is 4.09. The summed E-state index contributed by atoms with van der Waals surface area (Å²) in [4.78, 5) is 27.5. The number of carbonyl (C=O) groups is 2. The number of pyridine rings is 1. The van der Waals surface area contributed by atoms with Crippen LogP contribution in [0.5, 0.6) is 0 Å². The van der Waals surface area contributed by atoms with Gasteiger partial charge < -0.3 is 10.6 Å². The van der Waals surface area contributed by atoms with Crippen molar-refractivity contribution in [2.75, 3.05) is 10.6 Å². The van der Waals surface area contributed by atoms with Crippen LogP contribution in [0, 0.1) is 0 Å². The highest BCUT2D eigenvalue weighted by molar-refractivity contribution is 7.15. The zero-order chi connectivity index (χ0) is 17.6. The van der Waals surface area contributed by atoms with Gasteiger partial charge in [-0.2, -0.15) is 0 Å². The quantitative estimate of drug-likeness (QED) is 0.855. The van der Waals surface area contributed by atoms with Gasteiger partial charge in [-0.1, -0.05) is 36.7 Å². The fourth-order valence-electron chi connectivity index (χ4n) is 2.96. The average molecular weight is 359 g/mol. The highest BCUT2D eigenvalue weighted by Crippen LogP contribution is 2.35. The van der Waals surface area contributed by atoms with Crippen LogP contribution in [0.1, 0.15) is 55.6 Å². The van der Waals surface area contributed by atoms with Crippen LogP contribution in [0.3, 0.4) is 0 Å². The molecule has 2 aromatic rings. The first-order chi connectivity index (χ1) is 12.1. The van der Waals surface area contributed by atoms with Crippen molar-refractivity contribution in [3.8, 4) is 0 Å². The lowest BCUT2D eigenvalue weighted by Crippen LogP contribution is -2.16. The molecule has 1 saturated carbocycles. The van der Waals surface area contributed by atoms with Crippen LogP contribution in [0.15, 0.2) is 18.2 Å². The number of hydrogen-bond donors (Lipinski definition) is 2. The van der Waals surface area contributed by atoms with Crippen LogP contribution >= 0.6 is 11.3 Å². The summed E-state index contributed by atoms with van der Waals surface area (Å²) in [7, 11) is 0. The molecule has 2 aromatic heterocycles. The van der Waals surface area contributed by atoms with Crippen LogP contribution in [-0.2, 0) is 16.0 Å². The summed E-state index contributed by atoms with van der Waals surface area (Å²) >= 11 is 1.46. The Morgan fingerprint density at radius 1 is 1.16 bits per heavy atom. The maximum Gasteiger partial charge on any atom is 0.232 e. The van der Waals surface area contributed by atoms with E-state index in [1.165, 1.54) is 37.5 Å². The van der Waals surface area contributed by atoms with Crippen LogP contribution in [-0.4, -0.2) is 27.0 Å². The Morgan fingerprint density at radius 3 is 2.72 bits per heavy atom. The first-order valence-corrected chi connectivity index (χ1v) is 9.28. The fourth-order valence-corrected chi connectivity index (χ4v) is 3.88. The summed E-state index contributed by atoms with van der Waals surface area (Å²) in [6, 6.07) is 5.19. The Balaban J connectivity index is 1.57. The molecule has 0 aromatic carbocycles. The third kappa shape index (κ3) is 5.06. The Morgan fingerprint density at radius 2 is 1.96 bits per heavy atom. The van der Waals surface area contributed by atoms with Crippen LogP contribution in [0.2, 0.25) is 0 Å². The van der Waals surface area contributed by atoms with E-state index in [1.54, 1.807) is 18.2 Å². The molecule has 0 saturated heterocycles. The molecular formula is C17H21N5O2S. The van der Waals surface area contributed by atoms with Gasteiger partial charge in [0.1, 0.15) is 10.8 Å². The Bertz CT molecular complexity index is 755. The van der Waals surface area contributed by atoms with Crippen molar-refractivity contribution < 1.29 is 9.59 Å². The first-order valence-electron chi connectivity index (χ1n) is 8.47. The Kier molecular flexibility index (Phi) is 5.70. The molecule has 2 N–H and O–H groups in total. The number of nitrogens with zero attached hydrogens (tertiary/aromatic N) is 3. The van der Waals surface area contributed by atoms with Gasteiger partial charge in [0, 0.05) is 12.8 Å². The van der Waals surface area contributed by atoms with E-state index in [1.807, 2.05) is 0 Å². The van der Waals surface area contributed by atoms with E-state index in [9.17, 15) is 9.59 Å². The summed E-state index contributed by atoms with van der Waals surface area (Å²) in [5, 5.41) is 15.3. The second-order valence-electron chi connectivity index (χ2n) is 6.20. The van der Waals surface area contributed by atoms with Crippen molar-refractivity contribution in [2.45, 2.75) is 51.4 Å². The maximum absolute atomic E-state index is 12.2. The molecule has 25 heavy (non-hydrogen) atoms. The van der Waals surface area contributed by atoms with E-state index in [0.29, 0.717) is 22.6 Å². The fraction of sp³-hybridized carbons (Fsp3) is 0.471. The lowest BCUT2D eigenvalue weighted by Gasteiger charge is -2.18. The lowest BCUT2D eigenvalue weighted by molar-refractivity contribution is -0.116. The molecule has 0 atom stereocenters. The van der Waals surface area contributed by atoms with Gasteiger partial charge in [0.2, 0.25) is 16.9 Å². The van der Waals surface area contributed by atoms with E-state index >= 15 is 0 Å². The predicted octanol–water partition coefficient (Wildman–Crippen LogP) is 3.12. The minimum absolute atomic E-state index is 0.117. The molecule has 0 spiro atoms. The van der Waals surface area contributed by atoms with Crippen LogP contribution in [0.25, 0.3) is 0 Å². The predicted molar refractivity (Wildman–Crippen MR) is 96.6 cm³/mol. The molecular weight excluding hydrogens is 338 g/mol. The molecule has 0 radical (unpaired) electrons. The lowest BCUT2D eigenvalue weighted by atomic mass is 9.90. The van der Waals surface area contributed by atoms with Crippen molar-refractivity contribution in [2.24, 2.45) is 0 Å². The monoisotopic (exact) mass is 359 g/mol. The molecule has 1 aliphatic rings. The summed E-state index contributed by atoms with van der Waals surface area (Å²) in [6.07, 6.45) is 6.20. The second kappa shape index (κ2) is 8.15. The van der Waals surface area contributed by atoms with E-state index in [-0.39, 0.29) is 18.2 Å². The maximum atomic E-state index is 12.2. The van der Waals surface area contributed by atoms with Gasteiger partial charge in [0.05, 0.1) is 12.1 Å². The molecule has 0 unspecified atom stereocenters. The van der Waals surface area contributed by atoms with Crippen molar-refractivity contribution in [1.82, 2.24) is 15.2 Å². The van der Waals surface area contributed by atoms with Gasteiger partial charge in [0.25, 0.3) is 0 Å². The van der Waals surface area contributed by atoms with Crippen molar-refractivity contribution in [3.05, 3.63) is 28.9 Å². The second-order valence-corrected chi connectivity index (χ2v) is 7.21. The molecule has 1 aliphatic carbocycles. The number of anilines is 2. The minimum atomic E-state index is -0.196. The molecule has 7 nitrogen and oxygen atoms in total. The molecule has 2 heterocycles. The van der Waals surface area contributed by atoms with Crippen molar-refractivity contribution >= 4 is 34.1 Å². The smallest absolute Gasteiger partial charge is 0.232 e. The zero-order valence-corrected chi connectivity index (χ0v) is 14.9. The minimum Gasteiger partial charge on any atom is -0.311 e. The molecule has 1 fully saturated rings. The van der Waals surface area contributed by atoms with Crippen molar-refractivity contribution in [3.63, 3.8) is 0 Å². The molecule has 0 aliphatic heterocycles. The van der Waals surface area contributed by atoms with E-state index in [0.717, 1.165) is 17.8 Å². The number of aromatic nitrogens is 3.